The van der Waals surface area contributed by atoms with Crippen LogP contribution in [-0.4, -0.2) is 19.5 Å². The summed E-state index contributed by atoms with van der Waals surface area (Å²) < 4.78 is 7.74. The molecule has 6 heteroatoms. The van der Waals surface area contributed by atoms with Crippen LogP contribution in [0.15, 0.2) is 13.6 Å². The summed E-state index contributed by atoms with van der Waals surface area (Å²) in [6, 6.07) is 2.03. The molecule has 15 heavy (non-hydrogen) atoms. The summed E-state index contributed by atoms with van der Waals surface area (Å²) in [5, 5.41) is 3.19. The summed E-state index contributed by atoms with van der Waals surface area (Å²) in [6.45, 7) is 6.71. The van der Waals surface area contributed by atoms with Crippen LogP contribution in [-0.2, 0) is 4.74 Å². The fourth-order valence-corrected chi connectivity index (χ4v) is 3.58. The fourth-order valence-electron chi connectivity index (χ4n) is 0.882. The van der Waals surface area contributed by atoms with Crippen LogP contribution in [0, 0.1) is 0 Å². The third kappa shape index (κ3) is 5.38. The Labute approximate surface area is 112 Å². The predicted octanol–water partition coefficient (Wildman–Crippen LogP) is 4.08. The third-order valence-corrected chi connectivity index (χ3v) is 3.85. The summed E-state index contributed by atoms with van der Waals surface area (Å²) in [5.41, 5.74) is 0.967. The molecule has 0 saturated carbocycles. The molecule has 0 amide bonds. The van der Waals surface area contributed by atoms with E-state index in [2.05, 4.69) is 37.1 Å². The smallest absolute Gasteiger partial charge is 0.272 e. The SMILES string of the molecule is CC(C)(C)OC[B]Nc1cc(Br)sc1Br. The maximum absolute atomic E-state index is 5.56. The van der Waals surface area contributed by atoms with Crippen molar-refractivity contribution in [1.82, 2.24) is 0 Å². The molecule has 0 bridgehead atoms. The number of halogens is 2. The lowest BCUT2D eigenvalue weighted by molar-refractivity contribution is 0.0249. The van der Waals surface area contributed by atoms with Crippen molar-refractivity contribution in [1.29, 1.82) is 0 Å². The molecule has 0 fully saturated rings. The van der Waals surface area contributed by atoms with E-state index < -0.39 is 0 Å². The van der Waals surface area contributed by atoms with Gasteiger partial charge < -0.3 is 9.96 Å². The molecule has 1 aromatic rings. The topological polar surface area (TPSA) is 21.3 Å². The first kappa shape index (κ1) is 13.5. The van der Waals surface area contributed by atoms with Gasteiger partial charge in [0.2, 0.25) is 0 Å². The van der Waals surface area contributed by atoms with Gasteiger partial charge in [-0.05, 0) is 58.7 Å². The number of hydrogen-bond donors (Lipinski definition) is 1. The number of rotatable bonds is 4. The standard InChI is InChI=1S/C9H13BBr2NOS/c1-9(2,3)14-5-10-13-6-4-7(11)15-8(6)12/h4,13H,5H2,1-3H3. The summed E-state index contributed by atoms with van der Waals surface area (Å²) in [7, 11) is 1.91. The lowest BCUT2D eigenvalue weighted by atomic mass is 9.96. The Morgan fingerprint density at radius 1 is 1.47 bits per heavy atom. The molecular formula is C9H13BBr2NOS. The molecule has 0 aliphatic carbocycles. The van der Waals surface area contributed by atoms with Gasteiger partial charge in [-0.1, -0.05) is 0 Å². The van der Waals surface area contributed by atoms with E-state index in [1.54, 1.807) is 11.3 Å². The summed E-state index contributed by atoms with van der Waals surface area (Å²) >= 11 is 8.54. The Bertz CT molecular complexity index is 324. The molecule has 1 N–H and O–H groups in total. The molecule has 0 atom stereocenters. The van der Waals surface area contributed by atoms with Gasteiger partial charge in [0.15, 0.2) is 0 Å². The average Bonchev–Trinajstić information content (AvgIpc) is 2.37. The molecule has 0 unspecified atom stereocenters. The maximum Gasteiger partial charge on any atom is 0.272 e. The molecular weight excluding hydrogens is 341 g/mol. The van der Waals surface area contributed by atoms with Gasteiger partial charge in [-0.3, -0.25) is 0 Å². The van der Waals surface area contributed by atoms with E-state index in [-0.39, 0.29) is 5.60 Å². The van der Waals surface area contributed by atoms with Crippen molar-refractivity contribution in [3.8, 4) is 0 Å². The van der Waals surface area contributed by atoms with Crippen LogP contribution >= 0.6 is 43.2 Å². The van der Waals surface area contributed by atoms with Crippen LogP contribution < -0.4 is 5.23 Å². The lowest BCUT2D eigenvalue weighted by Gasteiger charge is -2.19. The molecule has 0 spiro atoms. The highest BCUT2D eigenvalue weighted by molar-refractivity contribution is 9.12. The quantitative estimate of drug-likeness (QED) is 0.650. The maximum atomic E-state index is 5.56. The first-order valence-electron chi connectivity index (χ1n) is 4.55. The van der Waals surface area contributed by atoms with Gasteiger partial charge in [-0.15, -0.1) is 11.3 Å². The molecule has 0 aromatic carbocycles. The van der Waals surface area contributed by atoms with Crippen molar-refractivity contribution in [3.05, 3.63) is 13.6 Å². The van der Waals surface area contributed by atoms with Crippen molar-refractivity contribution in [2.75, 3.05) is 11.7 Å². The van der Waals surface area contributed by atoms with Crippen molar-refractivity contribution in [2.45, 2.75) is 26.4 Å². The van der Waals surface area contributed by atoms with Crippen LogP contribution in [0.1, 0.15) is 20.8 Å². The van der Waals surface area contributed by atoms with E-state index in [0.717, 1.165) is 13.3 Å². The normalized spacial score (nSPS) is 11.5. The number of ether oxygens (including phenoxy) is 1. The Kier molecular flexibility index (Phi) is 5.15. The molecule has 1 radical (unpaired) electrons. The first-order chi connectivity index (χ1) is 6.88. The fraction of sp³-hybridized carbons (Fsp3) is 0.556. The number of anilines is 1. The van der Waals surface area contributed by atoms with Gasteiger partial charge in [-0.2, -0.15) is 0 Å². The summed E-state index contributed by atoms with van der Waals surface area (Å²) in [5.74, 6) is 0. The Morgan fingerprint density at radius 2 is 2.13 bits per heavy atom. The Morgan fingerprint density at radius 3 is 2.60 bits per heavy atom. The largest absolute Gasteiger partial charge is 0.429 e. The van der Waals surface area contributed by atoms with Crippen LogP contribution in [0.25, 0.3) is 0 Å². The summed E-state index contributed by atoms with van der Waals surface area (Å²) in [4.78, 5) is 0. The molecule has 0 aliphatic heterocycles. The van der Waals surface area contributed by atoms with Crippen LogP contribution in [0.3, 0.4) is 0 Å². The Hall–Kier alpha value is 0.485. The van der Waals surface area contributed by atoms with E-state index in [1.165, 1.54) is 0 Å². The average molecular weight is 354 g/mol. The molecule has 2 nitrogen and oxygen atoms in total. The molecule has 0 aliphatic rings. The Balaban J connectivity index is 2.29. The van der Waals surface area contributed by atoms with Gasteiger partial charge in [-0.25, -0.2) is 0 Å². The minimum Gasteiger partial charge on any atom is -0.429 e. The minimum absolute atomic E-state index is 0.0926. The highest BCUT2D eigenvalue weighted by atomic mass is 79.9. The third-order valence-electron chi connectivity index (χ3n) is 1.51. The zero-order valence-corrected chi connectivity index (χ0v) is 12.9. The number of hydrogen-bond acceptors (Lipinski definition) is 3. The van der Waals surface area contributed by atoms with E-state index in [1.807, 2.05) is 34.3 Å². The van der Waals surface area contributed by atoms with Gasteiger partial charge in [0.05, 0.1) is 13.2 Å². The molecule has 1 heterocycles. The highest BCUT2D eigenvalue weighted by Gasteiger charge is 2.10. The van der Waals surface area contributed by atoms with Gasteiger partial charge in [0.1, 0.15) is 0 Å². The zero-order valence-electron chi connectivity index (χ0n) is 8.93. The molecule has 83 valence electrons. The number of nitrogens with one attached hydrogen (secondary N) is 1. The van der Waals surface area contributed by atoms with E-state index >= 15 is 0 Å². The highest BCUT2D eigenvalue weighted by Crippen LogP contribution is 2.35. The van der Waals surface area contributed by atoms with Gasteiger partial charge in [0, 0.05) is 12.2 Å². The second kappa shape index (κ2) is 5.71. The predicted molar refractivity (Wildman–Crippen MR) is 74.8 cm³/mol. The van der Waals surface area contributed by atoms with Crippen LogP contribution in [0.2, 0.25) is 0 Å². The van der Waals surface area contributed by atoms with Crippen molar-refractivity contribution < 1.29 is 4.74 Å². The van der Waals surface area contributed by atoms with Crippen molar-refractivity contribution in [3.63, 3.8) is 0 Å². The van der Waals surface area contributed by atoms with Crippen molar-refractivity contribution in [2.24, 2.45) is 0 Å². The van der Waals surface area contributed by atoms with Crippen LogP contribution in [0.4, 0.5) is 5.69 Å². The van der Waals surface area contributed by atoms with E-state index in [0.29, 0.717) is 6.51 Å². The monoisotopic (exact) mass is 352 g/mol. The first-order valence-corrected chi connectivity index (χ1v) is 6.96. The molecule has 0 saturated heterocycles. The summed E-state index contributed by atoms with van der Waals surface area (Å²) in [6.07, 6.45) is 0. The van der Waals surface area contributed by atoms with Crippen LogP contribution in [0.5, 0.6) is 0 Å². The van der Waals surface area contributed by atoms with E-state index in [9.17, 15) is 0 Å². The second-order valence-corrected chi connectivity index (χ2v) is 7.76. The lowest BCUT2D eigenvalue weighted by Crippen LogP contribution is -2.25. The van der Waals surface area contributed by atoms with Gasteiger partial charge >= 0.3 is 0 Å². The van der Waals surface area contributed by atoms with Crippen molar-refractivity contribution >= 4 is 56.3 Å². The zero-order chi connectivity index (χ0) is 11.5. The molecule has 1 rings (SSSR count). The number of thiophene rings is 1. The molecule has 1 aromatic heterocycles. The minimum atomic E-state index is -0.0926. The second-order valence-electron chi connectivity index (χ2n) is 4.01. The van der Waals surface area contributed by atoms with Gasteiger partial charge in [0.25, 0.3) is 7.41 Å². The van der Waals surface area contributed by atoms with E-state index in [4.69, 9.17) is 4.74 Å².